The highest BCUT2D eigenvalue weighted by molar-refractivity contribution is 6.02. The topological polar surface area (TPSA) is 51.1 Å². The molecule has 0 spiro atoms. The molecule has 0 amide bonds. The van der Waals surface area contributed by atoms with E-state index in [1.165, 1.54) is 0 Å². The number of nitrogens with zero attached hydrogens (tertiary/aromatic N) is 2. The molecule has 0 aromatic heterocycles. The van der Waals surface area contributed by atoms with Gasteiger partial charge in [0.05, 0.1) is 12.1 Å². The van der Waals surface area contributed by atoms with Crippen LogP contribution in [0.25, 0.3) is 0 Å². The van der Waals surface area contributed by atoms with Crippen molar-refractivity contribution < 1.29 is 14.3 Å². The Balaban J connectivity index is 2.30. The highest BCUT2D eigenvalue weighted by atomic mass is 16.5. The van der Waals surface area contributed by atoms with Crippen molar-refractivity contribution in [3.63, 3.8) is 0 Å². The molecule has 23 heavy (non-hydrogen) atoms. The standard InChI is InChI=1S/C18H24N2O3/c1-5-7-16(13(3)21)23-14-8-9-15-17(12-14)22-11-10-20(6-2)18(15)19-4/h6,8-9,12,16H,2,5,7,10-11H2,1,3-4H3. The van der Waals surface area contributed by atoms with Crippen LogP contribution in [-0.2, 0) is 4.79 Å². The minimum atomic E-state index is -0.409. The zero-order valence-corrected chi connectivity index (χ0v) is 14.0. The maximum absolute atomic E-state index is 11.7. The molecular formula is C18H24N2O3. The van der Waals surface area contributed by atoms with Crippen LogP contribution in [0.15, 0.2) is 36.0 Å². The summed E-state index contributed by atoms with van der Waals surface area (Å²) < 4.78 is 11.7. The second-order valence-corrected chi connectivity index (χ2v) is 5.44. The number of hydrogen-bond donors (Lipinski definition) is 0. The Morgan fingerprint density at radius 2 is 2.35 bits per heavy atom. The smallest absolute Gasteiger partial charge is 0.170 e. The van der Waals surface area contributed by atoms with E-state index < -0.39 is 6.10 Å². The minimum absolute atomic E-state index is 0.0383. The van der Waals surface area contributed by atoms with Crippen molar-refractivity contribution in [2.45, 2.75) is 32.8 Å². The molecule has 5 nitrogen and oxygen atoms in total. The molecule has 1 unspecified atom stereocenters. The number of fused-ring (bicyclic) bond motifs is 1. The Morgan fingerprint density at radius 1 is 1.57 bits per heavy atom. The fourth-order valence-corrected chi connectivity index (χ4v) is 2.59. The quantitative estimate of drug-likeness (QED) is 0.809. The molecule has 1 heterocycles. The molecule has 0 fully saturated rings. The van der Waals surface area contributed by atoms with Crippen molar-refractivity contribution in [1.82, 2.24) is 4.90 Å². The number of amidine groups is 1. The van der Waals surface area contributed by atoms with Crippen molar-refractivity contribution in [2.24, 2.45) is 4.99 Å². The number of ketones is 1. The van der Waals surface area contributed by atoms with Crippen LogP contribution in [0.5, 0.6) is 11.5 Å². The molecule has 2 rings (SSSR count). The third-order valence-corrected chi connectivity index (χ3v) is 3.77. The first-order chi connectivity index (χ1) is 11.1. The Labute approximate surface area is 137 Å². The van der Waals surface area contributed by atoms with Gasteiger partial charge < -0.3 is 14.4 Å². The molecule has 1 aromatic rings. The largest absolute Gasteiger partial charge is 0.491 e. The lowest BCUT2D eigenvalue weighted by molar-refractivity contribution is -0.123. The molecule has 0 bridgehead atoms. The summed E-state index contributed by atoms with van der Waals surface area (Å²) in [6, 6.07) is 5.60. The third kappa shape index (κ3) is 3.92. The number of carbonyl (C=O) groups excluding carboxylic acids is 1. The van der Waals surface area contributed by atoms with E-state index >= 15 is 0 Å². The summed E-state index contributed by atoms with van der Waals surface area (Å²) in [7, 11) is 1.75. The summed E-state index contributed by atoms with van der Waals surface area (Å²) in [5.41, 5.74) is 0.895. The van der Waals surface area contributed by atoms with Gasteiger partial charge in [0.2, 0.25) is 0 Å². The first kappa shape index (κ1) is 17.1. The average Bonchev–Trinajstić information content (AvgIpc) is 2.72. The second-order valence-electron chi connectivity index (χ2n) is 5.44. The van der Waals surface area contributed by atoms with E-state index in [2.05, 4.69) is 11.6 Å². The van der Waals surface area contributed by atoms with Crippen LogP contribution in [0.4, 0.5) is 0 Å². The molecule has 0 aliphatic carbocycles. The predicted octanol–water partition coefficient (Wildman–Crippen LogP) is 3.04. The van der Waals surface area contributed by atoms with Gasteiger partial charge in [-0.2, -0.15) is 0 Å². The van der Waals surface area contributed by atoms with Crippen molar-refractivity contribution in [2.75, 3.05) is 20.2 Å². The van der Waals surface area contributed by atoms with Crippen molar-refractivity contribution >= 4 is 11.6 Å². The Bertz CT molecular complexity index is 610. The molecule has 1 aliphatic rings. The van der Waals surface area contributed by atoms with Gasteiger partial charge in [-0.05, 0) is 31.7 Å². The zero-order valence-electron chi connectivity index (χ0n) is 14.0. The maximum atomic E-state index is 11.7. The van der Waals surface area contributed by atoms with Crippen LogP contribution >= 0.6 is 0 Å². The maximum Gasteiger partial charge on any atom is 0.170 e. The monoisotopic (exact) mass is 316 g/mol. The molecular weight excluding hydrogens is 292 g/mol. The second kappa shape index (κ2) is 7.81. The molecule has 0 radical (unpaired) electrons. The highest BCUT2D eigenvalue weighted by Gasteiger charge is 2.21. The molecule has 5 heteroatoms. The SMILES string of the molecule is C=CN1CCOc2cc(OC(CCC)C(C)=O)ccc2C1=NC. The molecule has 0 saturated carbocycles. The minimum Gasteiger partial charge on any atom is -0.491 e. The van der Waals surface area contributed by atoms with Gasteiger partial charge in [0, 0.05) is 13.1 Å². The number of hydrogen-bond acceptors (Lipinski definition) is 4. The summed E-state index contributed by atoms with van der Waals surface area (Å²) in [6.45, 7) is 8.64. The van der Waals surface area contributed by atoms with Crippen LogP contribution in [0.3, 0.4) is 0 Å². The lowest BCUT2D eigenvalue weighted by Crippen LogP contribution is -2.27. The molecule has 124 valence electrons. The molecule has 0 saturated heterocycles. The van der Waals surface area contributed by atoms with Gasteiger partial charge in [-0.15, -0.1) is 0 Å². The van der Waals surface area contributed by atoms with Gasteiger partial charge in [0.1, 0.15) is 23.9 Å². The number of aliphatic imine (C=N–C) groups is 1. The van der Waals surface area contributed by atoms with Crippen LogP contribution < -0.4 is 9.47 Å². The fraction of sp³-hybridized carbons (Fsp3) is 0.444. The van der Waals surface area contributed by atoms with Crippen molar-refractivity contribution in [3.05, 3.63) is 36.5 Å². The average molecular weight is 316 g/mol. The first-order valence-electron chi connectivity index (χ1n) is 7.91. The zero-order chi connectivity index (χ0) is 16.8. The lowest BCUT2D eigenvalue weighted by atomic mass is 10.1. The number of carbonyl (C=O) groups is 1. The summed E-state index contributed by atoms with van der Waals surface area (Å²) in [5.74, 6) is 2.21. The predicted molar refractivity (Wildman–Crippen MR) is 91.3 cm³/mol. The highest BCUT2D eigenvalue weighted by Crippen LogP contribution is 2.29. The van der Waals surface area contributed by atoms with Crippen LogP contribution in [0.2, 0.25) is 0 Å². The van der Waals surface area contributed by atoms with Crippen LogP contribution in [0, 0.1) is 0 Å². The van der Waals surface area contributed by atoms with E-state index in [-0.39, 0.29) is 5.78 Å². The van der Waals surface area contributed by atoms with E-state index in [4.69, 9.17) is 9.47 Å². The summed E-state index contributed by atoms with van der Waals surface area (Å²) in [4.78, 5) is 18.0. The van der Waals surface area contributed by atoms with E-state index in [0.717, 1.165) is 17.8 Å². The van der Waals surface area contributed by atoms with Gasteiger partial charge >= 0.3 is 0 Å². The Kier molecular flexibility index (Phi) is 5.79. The van der Waals surface area contributed by atoms with E-state index in [1.54, 1.807) is 20.2 Å². The van der Waals surface area contributed by atoms with E-state index in [0.29, 0.717) is 31.1 Å². The van der Waals surface area contributed by atoms with E-state index in [1.807, 2.05) is 30.0 Å². The first-order valence-corrected chi connectivity index (χ1v) is 7.91. The van der Waals surface area contributed by atoms with Crippen LogP contribution in [-0.4, -0.2) is 42.8 Å². The van der Waals surface area contributed by atoms with Crippen molar-refractivity contribution in [3.8, 4) is 11.5 Å². The fourth-order valence-electron chi connectivity index (χ4n) is 2.59. The Hall–Kier alpha value is -2.30. The van der Waals surface area contributed by atoms with Gasteiger partial charge in [-0.1, -0.05) is 19.9 Å². The normalized spacial score (nSPS) is 17.0. The summed E-state index contributed by atoms with van der Waals surface area (Å²) >= 11 is 0. The molecule has 1 aliphatic heterocycles. The summed E-state index contributed by atoms with van der Waals surface area (Å²) in [5, 5.41) is 0. The Morgan fingerprint density at radius 3 is 2.96 bits per heavy atom. The lowest BCUT2D eigenvalue weighted by Gasteiger charge is -2.19. The number of Topliss-reactive ketones (excluding diaryl/α,β-unsaturated/α-hetero) is 1. The van der Waals surface area contributed by atoms with Gasteiger partial charge in [0.25, 0.3) is 0 Å². The van der Waals surface area contributed by atoms with Crippen LogP contribution in [0.1, 0.15) is 32.3 Å². The number of benzene rings is 1. The molecule has 1 aromatic carbocycles. The third-order valence-electron chi connectivity index (χ3n) is 3.77. The molecule has 1 atom stereocenters. The summed E-state index contributed by atoms with van der Waals surface area (Å²) in [6.07, 6.45) is 2.94. The number of ether oxygens (including phenoxy) is 2. The number of rotatable bonds is 6. The van der Waals surface area contributed by atoms with Gasteiger partial charge in [-0.25, -0.2) is 0 Å². The van der Waals surface area contributed by atoms with Gasteiger partial charge in [-0.3, -0.25) is 9.79 Å². The van der Waals surface area contributed by atoms with E-state index in [9.17, 15) is 4.79 Å². The van der Waals surface area contributed by atoms with Crippen molar-refractivity contribution in [1.29, 1.82) is 0 Å². The molecule has 0 N–H and O–H groups in total. The van der Waals surface area contributed by atoms with Gasteiger partial charge in [0.15, 0.2) is 11.9 Å².